The first-order valence-electron chi connectivity index (χ1n) is 7.54. The van der Waals surface area contributed by atoms with Gasteiger partial charge in [0.1, 0.15) is 17.1 Å². The van der Waals surface area contributed by atoms with E-state index in [-0.39, 0.29) is 11.3 Å². The summed E-state index contributed by atoms with van der Waals surface area (Å²) in [7, 11) is 0. The van der Waals surface area contributed by atoms with Gasteiger partial charge in [-0.2, -0.15) is 0 Å². The fourth-order valence-corrected chi connectivity index (χ4v) is 2.58. The zero-order valence-electron chi connectivity index (χ0n) is 12.8. The lowest BCUT2D eigenvalue weighted by Crippen LogP contribution is -2.35. The van der Waals surface area contributed by atoms with Crippen LogP contribution < -0.4 is 5.49 Å². The van der Waals surface area contributed by atoms with Gasteiger partial charge in [0.25, 0.3) is 0 Å². The summed E-state index contributed by atoms with van der Waals surface area (Å²) in [5.74, 6) is -0.373. The van der Waals surface area contributed by atoms with Crippen molar-refractivity contribution in [1.82, 2.24) is 9.47 Å². The SMILES string of the molecule is N=C(c1ccc(CN2CCOCC2)cc1)n1cc(F)ccc1=N. The molecule has 0 spiro atoms. The van der Waals surface area contributed by atoms with Gasteiger partial charge < -0.3 is 4.74 Å². The van der Waals surface area contributed by atoms with Crippen LogP contribution in [0.4, 0.5) is 4.39 Å². The normalized spacial score (nSPS) is 15.5. The lowest BCUT2D eigenvalue weighted by molar-refractivity contribution is 0.0342. The summed E-state index contributed by atoms with van der Waals surface area (Å²) >= 11 is 0. The molecular formula is C17H19FN4O. The summed E-state index contributed by atoms with van der Waals surface area (Å²) in [6.07, 6.45) is 1.16. The van der Waals surface area contributed by atoms with Crippen molar-refractivity contribution in [3.05, 3.63) is 65.0 Å². The standard InChI is InChI=1S/C17H19FN4O/c18-15-5-6-16(19)22(12-15)17(20)14-3-1-13(2-4-14)11-21-7-9-23-10-8-21/h1-6,12,19-20H,7-11H2. The smallest absolute Gasteiger partial charge is 0.140 e. The molecule has 1 aromatic carbocycles. The second kappa shape index (κ2) is 6.85. The molecule has 1 aliphatic heterocycles. The summed E-state index contributed by atoms with van der Waals surface area (Å²) in [5.41, 5.74) is 1.90. The molecule has 1 aromatic heterocycles. The third kappa shape index (κ3) is 3.72. The average Bonchev–Trinajstić information content (AvgIpc) is 2.58. The molecule has 0 atom stereocenters. The van der Waals surface area contributed by atoms with E-state index in [0.717, 1.165) is 39.0 Å². The van der Waals surface area contributed by atoms with Crippen LogP contribution in [0.5, 0.6) is 0 Å². The van der Waals surface area contributed by atoms with Gasteiger partial charge >= 0.3 is 0 Å². The molecule has 2 aromatic rings. The van der Waals surface area contributed by atoms with Crippen molar-refractivity contribution in [2.24, 2.45) is 0 Å². The van der Waals surface area contributed by atoms with Crippen molar-refractivity contribution in [3.8, 4) is 0 Å². The minimum atomic E-state index is -0.463. The predicted molar refractivity (Wildman–Crippen MR) is 85.0 cm³/mol. The van der Waals surface area contributed by atoms with Crippen LogP contribution in [0.3, 0.4) is 0 Å². The molecule has 6 heteroatoms. The molecular weight excluding hydrogens is 295 g/mol. The van der Waals surface area contributed by atoms with Gasteiger partial charge in [-0.05, 0) is 17.7 Å². The van der Waals surface area contributed by atoms with E-state index >= 15 is 0 Å². The van der Waals surface area contributed by atoms with Gasteiger partial charge in [0.2, 0.25) is 0 Å². The van der Waals surface area contributed by atoms with E-state index in [1.54, 1.807) is 0 Å². The van der Waals surface area contributed by atoms with E-state index in [4.69, 9.17) is 15.6 Å². The largest absolute Gasteiger partial charge is 0.379 e. The van der Waals surface area contributed by atoms with Gasteiger partial charge in [-0.3, -0.25) is 20.3 Å². The van der Waals surface area contributed by atoms with Crippen molar-refractivity contribution < 1.29 is 9.13 Å². The van der Waals surface area contributed by atoms with Gasteiger partial charge in [0.15, 0.2) is 0 Å². The average molecular weight is 314 g/mol. The Balaban J connectivity index is 1.74. The molecule has 1 saturated heterocycles. The number of morpholine rings is 1. The van der Waals surface area contributed by atoms with Gasteiger partial charge in [-0.15, -0.1) is 0 Å². The second-order valence-electron chi connectivity index (χ2n) is 5.54. The first kappa shape index (κ1) is 15.6. The van der Waals surface area contributed by atoms with Crippen molar-refractivity contribution in [1.29, 1.82) is 10.8 Å². The number of ether oxygens (including phenoxy) is 1. The van der Waals surface area contributed by atoms with Crippen LogP contribution in [0.1, 0.15) is 11.1 Å². The van der Waals surface area contributed by atoms with Gasteiger partial charge in [-0.1, -0.05) is 24.3 Å². The molecule has 23 heavy (non-hydrogen) atoms. The van der Waals surface area contributed by atoms with E-state index in [9.17, 15) is 4.39 Å². The molecule has 1 aliphatic rings. The number of hydrogen-bond donors (Lipinski definition) is 2. The number of nitrogens with one attached hydrogen (secondary N) is 2. The van der Waals surface area contributed by atoms with Crippen LogP contribution >= 0.6 is 0 Å². The van der Waals surface area contributed by atoms with Crippen LogP contribution in [-0.4, -0.2) is 41.6 Å². The number of hydrogen-bond acceptors (Lipinski definition) is 4. The number of pyridine rings is 1. The Labute approximate surface area is 134 Å². The second-order valence-corrected chi connectivity index (χ2v) is 5.54. The van der Waals surface area contributed by atoms with E-state index in [1.807, 2.05) is 24.3 Å². The maximum absolute atomic E-state index is 13.3. The number of nitrogens with zero attached hydrogens (tertiary/aromatic N) is 2. The summed E-state index contributed by atoms with van der Waals surface area (Å²) in [6.45, 7) is 4.25. The van der Waals surface area contributed by atoms with E-state index in [1.165, 1.54) is 22.3 Å². The van der Waals surface area contributed by atoms with Crippen molar-refractivity contribution >= 4 is 5.84 Å². The highest BCUT2D eigenvalue weighted by Crippen LogP contribution is 2.10. The maximum Gasteiger partial charge on any atom is 0.140 e. The van der Waals surface area contributed by atoms with Crippen LogP contribution in [0.2, 0.25) is 0 Å². The molecule has 2 N–H and O–H groups in total. The van der Waals surface area contributed by atoms with Crippen molar-refractivity contribution in [2.75, 3.05) is 26.3 Å². The van der Waals surface area contributed by atoms with E-state index in [2.05, 4.69) is 4.90 Å². The zero-order valence-corrected chi connectivity index (χ0v) is 12.8. The molecule has 0 amide bonds. The Bertz CT molecular complexity index is 748. The third-order valence-electron chi connectivity index (χ3n) is 3.89. The van der Waals surface area contributed by atoms with Crippen molar-refractivity contribution in [3.63, 3.8) is 0 Å². The molecule has 1 fully saturated rings. The van der Waals surface area contributed by atoms with Crippen LogP contribution in [-0.2, 0) is 11.3 Å². The summed E-state index contributed by atoms with van der Waals surface area (Å²) < 4.78 is 19.9. The topological polar surface area (TPSA) is 65.1 Å². The zero-order chi connectivity index (χ0) is 16.2. The highest BCUT2D eigenvalue weighted by molar-refractivity contribution is 5.97. The molecule has 3 rings (SSSR count). The Hall–Kier alpha value is -2.31. The molecule has 0 radical (unpaired) electrons. The highest BCUT2D eigenvalue weighted by atomic mass is 19.1. The Morgan fingerprint density at radius 3 is 2.48 bits per heavy atom. The lowest BCUT2D eigenvalue weighted by atomic mass is 10.1. The highest BCUT2D eigenvalue weighted by Gasteiger charge is 2.11. The molecule has 0 aliphatic carbocycles. The number of halogens is 1. The molecule has 0 saturated carbocycles. The van der Waals surface area contributed by atoms with Crippen LogP contribution in [0, 0.1) is 16.6 Å². The number of aromatic nitrogens is 1. The lowest BCUT2D eigenvalue weighted by Gasteiger charge is -2.26. The molecule has 120 valence electrons. The number of rotatable bonds is 3. The molecule has 5 nitrogen and oxygen atoms in total. The molecule has 2 heterocycles. The molecule has 0 unspecified atom stereocenters. The first-order chi connectivity index (χ1) is 11.1. The summed E-state index contributed by atoms with van der Waals surface area (Å²) in [4.78, 5) is 2.33. The van der Waals surface area contributed by atoms with Crippen LogP contribution in [0.15, 0.2) is 42.6 Å². The third-order valence-corrected chi connectivity index (χ3v) is 3.89. The van der Waals surface area contributed by atoms with Gasteiger partial charge in [0, 0.05) is 31.4 Å². The van der Waals surface area contributed by atoms with Gasteiger partial charge in [0.05, 0.1) is 13.2 Å². The first-order valence-corrected chi connectivity index (χ1v) is 7.54. The Kier molecular flexibility index (Phi) is 4.64. The summed E-state index contributed by atoms with van der Waals surface area (Å²) in [5, 5.41) is 16.0. The quantitative estimate of drug-likeness (QED) is 0.670. The maximum atomic E-state index is 13.3. The minimum absolute atomic E-state index is 0.0776. The minimum Gasteiger partial charge on any atom is -0.379 e. The van der Waals surface area contributed by atoms with E-state index < -0.39 is 5.82 Å². The summed E-state index contributed by atoms with van der Waals surface area (Å²) in [6, 6.07) is 10.2. The monoisotopic (exact) mass is 314 g/mol. The molecule has 0 bridgehead atoms. The number of benzene rings is 1. The van der Waals surface area contributed by atoms with Crippen LogP contribution in [0.25, 0.3) is 0 Å². The fraction of sp³-hybridized carbons (Fsp3) is 0.294. The van der Waals surface area contributed by atoms with Gasteiger partial charge in [-0.25, -0.2) is 4.39 Å². The Morgan fingerprint density at radius 1 is 1.09 bits per heavy atom. The fourth-order valence-electron chi connectivity index (χ4n) is 2.58. The Morgan fingerprint density at radius 2 is 1.78 bits per heavy atom. The van der Waals surface area contributed by atoms with Crippen molar-refractivity contribution in [2.45, 2.75) is 6.54 Å². The van der Waals surface area contributed by atoms with E-state index in [0.29, 0.717) is 5.56 Å². The predicted octanol–water partition coefficient (Wildman–Crippen LogP) is 1.81.